The number of rotatable bonds is 8. The van der Waals surface area contributed by atoms with Crippen LogP contribution in [0.2, 0.25) is 0 Å². The van der Waals surface area contributed by atoms with E-state index in [-0.39, 0.29) is 0 Å². The van der Waals surface area contributed by atoms with Gasteiger partial charge < -0.3 is 20.3 Å². The second-order valence-electron chi connectivity index (χ2n) is 7.56. The highest BCUT2D eigenvalue weighted by Crippen LogP contribution is 2.25. The third kappa shape index (κ3) is 9.77. The Labute approximate surface area is 216 Å². The molecule has 3 heterocycles. The molecule has 0 aliphatic heterocycles. The molecule has 0 aliphatic carbocycles. The van der Waals surface area contributed by atoms with Crippen LogP contribution in [0.5, 0.6) is 5.88 Å². The Morgan fingerprint density at radius 3 is 2.28 bits per heavy atom. The second-order valence-corrected chi connectivity index (χ2v) is 8.54. The maximum Gasteiger partial charge on any atom is 0.237 e. The van der Waals surface area contributed by atoms with Gasteiger partial charge in [-0.15, -0.1) is 10.2 Å². The number of carbonyl (C=O) groups excluding carboxylic acids is 1. The van der Waals surface area contributed by atoms with Crippen molar-refractivity contribution in [1.82, 2.24) is 25.1 Å². The van der Waals surface area contributed by atoms with Crippen LogP contribution in [0, 0.1) is 0 Å². The summed E-state index contributed by atoms with van der Waals surface area (Å²) >= 11 is 1.52. The molecule has 0 fully saturated rings. The van der Waals surface area contributed by atoms with Gasteiger partial charge >= 0.3 is 0 Å². The number of hydrogen-bond donors (Lipinski definition) is 2. The van der Waals surface area contributed by atoms with Gasteiger partial charge in [0.1, 0.15) is 11.6 Å². The number of aromatic nitrogens is 4. The highest BCUT2D eigenvalue weighted by atomic mass is 32.1. The fraction of sp³-hybridized carbons (Fsp3) is 0.269. The van der Waals surface area contributed by atoms with Gasteiger partial charge in [-0.25, -0.2) is 4.98 Å². The molecule has 2 N–H and O–H groups in total. The molecule has 10 heteroatoms. The first-order chi connectivity index (χ1) is 17.5. The topological polar surface area (TPSA) is 105 Å². The Bertz CT molecular complexity index is 1160. The van der Waals surface area contributed by atoms with Crippen molar-refractivity contribution in [2.45, 2.75) is 13.5 Å². The number of ether oxygens (including phenoxy) is 1. The SMILES string of the molecule is CCN(C)C.CNc1cc(C=O)cnc1OCc1ccccc1.CNc1nnc(-c2ccncc2)s1. The van der Waals surface area contributed by atoms with E-state index in [0.717, 1.165) is 34.1 Å². The number of aldehydes is 1. The lowest BCUT2D eigenvalue weighted by Crippen LogP contribution is -2.08. The molecule has 0 atom stereocenters. The molecular weight excluding hydrogens is 474 g/mol. The fourth-order valence-electron chi connectivity index (χ4n) is 2.49. The van der Waals surface area contributed by atoms with Crippen LogP contribution < -0.4 is 15.4 Å². The van der Waals surface area contributed by atoms with E-state index in [1.54, 1.807) is 25.5 Å². The molecule has 4 aromatic rings. The summed E-state index contributed by atoms with van der Waals surface area (Å²) in [6.07, 6.45) is 5.74. The molecule has 36 heavy (non-hydrogen) atoms. The normalized spacial score (nSPS) is 9.83. The van der Waals surface area contributed by atoms with Crippen LogP contribution in [-0.2, 0) is 6.61 Å². The maximum atomic E-state index is 10.7. The van der Waals surface area contributed by atoms with Gasteiger partial charge in [0.25, 0.3) is 0 Å². The summed E-state index contributed by atoms with van der Waals surface area (Å²) in [6, 6.07) is 15.4. The van der Waals surface area contributed by atoms with Gasteiger partial charge in [-0.3, -0.25) is 9.78 Å². The van der Waals surface area contributed by atoms with Crippen molar-refractivity contribution in [1.29, 1.82) is 0 Å². The molecule has 0 spiro atoms. The molecule has 4 rings (SSSR count). The first-order valence-corrected chi connectivity index (χ1v) is 12.2. The van der Waals surface area contributed by atoms with Crippen molar-refractivity contribution in [3.05, 3.63) is 78.2 Å². The van der Waals surface area contributed by atoms with Gasteiger partial charge in [-0.1, -0.05) is 48.6 Å². The van der Waals surface area contributed by atoms with Crippen LogP contribution in [0.4, 0.5) is 10.8 Å². The largest absolute Gasteiger partial charge is 0.471 e. The van der Waals surface area contributed by atoms with Crippen molar-refractivity contribution < 1.29 is 9.53 Å². The molecule has 0 bridgehead atoms. The Kier molecular flexibility index (Phi) is 12.5. The van der Waals surface area contributed by atoms with E-state index in [2.05, 4.69) is 56.7 Å². The summed E-state index contributed by atoms with van der Waals surface area (Å²) in [6.45, 7) is 3.71. The molecule has 3 aromatic heterocycles. The van der Waals surface area contributed by atoms with Crippen LogP contribution >= 0.6 is 11.3 Å². The minimum atomic E-state index is 0.447. The lowest BCUT2D eigenvalue weighted by Gasteiger charge is -2.10. The average Bonchev–Trinajstić information content (AvgIpc) is 3.43. The minimum absolute atomic E-state index is 0.447. The Morgan fingerprint density at radius 2 is 1.72 bits per heavy atom. The average molecular weight is 508 g/mol. The first-order valence-electron chi connectivity index (χ1n) is 11.4. The molecule has 1 aromatic carbocycles. The van der Waals surface area contributed by atoms with Gasteiger partial charge in [-0.05, 0) is 44.4 Å². The maximum absolute atomic E-state index is 10.7. The van der Waals surface area contributed by atoms with Gasteiger partial charge in [0.05, 0.1) is 5.69 Å². The van der Waals surface area contributed by atoms with Crippen LogP contribution in [0.1, 0.15) is 22.8 Å². The van der Waals surface area contributed by atoms with Crippen molar-refractivity contribution in [3.8, 4) is 16.5 Å². The number of nitrogens with one attached hydrogen (secondary N) is 2. The molecule has 0 aliphatic rings. The number of nitrogens with zero attached hydrogens (tertiary/aromatic N) is 5. The van der Waals surface area contributed by atoms with E-state index in [0.29, 0.717) is 23.7 Å². The predicted octanol–water partition coefficient (Wildman–Crippen LogP) is 4.72. The number of carbonyl (C=O) groups is 1. The summed E-state index contributed by atoms with van der Waals surface area (Å²) in [4.78, 5) is 20.8. The molecule has 0 radical (unpaired) electrons. The van der Waals surface area contributed by atoms with Crippen LogP contribution in [0.25, 0.3) is 10.6 Å². The predicted molar refractivity (Wildman–Crippen MR) is 147 cm³/mol. The number of benzene rings is 1. The van der Waals surface area contributed by atoms with Crippen molar-refractivity contribution in [3.63, 3.8) is 0 Å². The van der Waals surface area contributed by atoms with E-state index in [9.17, 15) is 4.79 Å². The Morgan fingerprint density at radius 1 is 1.03 bits per heavy atom. The van der Waals surface area contributed by atoms with E-state index >= 15 is 0 Å². The van der Waals surface area contributed by atoms with Gasteiger partial charge in [0.2, 0.25) is 11.0 Å². The summed E-state index contributed by atoms with van der Waals surface area (Å²) in [5.74, 6) is 0.493. The third-order valence-corrected chi connectivity index (χ3v) is 5.68. The van der Waals surface area contributed by atoms with Crippen molar-refractivity contribution >= 4 is 28.4 Å². The number of anilines is 2. The minimum Gasteiger partial charge on any atom is -0.471 e. The second kappa shape index (κ2) is 15.9. The molecule has 0 amide bonds. The molecule has 190 valence electrons. The Balaban J connectivity index is 0.000000221. The molecular formula is C26H33N7O2S. The zero-order valence-electron chi connectivity index (χ0n) is 21.3. The molecule has 0 saturated heterocycles. The summed E-state index contributed by atoms with van der Waals surface area (Å²) in [7, 11) is 7.71. The molecule has 9 nitrogen and oxygen atoms in total. The highest BCUT2D eigenvalue weighted by molar-refractivity contribution is 7.18. The van der Waals surface area contributed by atoms with Crippen molar-refractivity contribution in [2.75, 3.05) is 45.4 Å². The van der Waals surface area contributed by atoms with E-state index in [1.165, 1.54) is 17.5 Å². The third-order valence-electron chi connectivity index (χ3n) is 4.69. The van der Waals surface area contributed by atoms with Gasteiger partial charge in [0.15, 0.2) is 6.29 Å². The molecule has 0 unspecified atom stereocenters. The quantitative estimate of drug-likeness (QED) is 0.328. The zero-order chi connectivity index (χ0) is 26.2. The zero-order valence-corrected chi connectivity index (χ0v) is 22.1. The smallest absolute Gasteiger partial charge is 0.237 e. The Hall–Kier alpha value is -3.89. The summed E-state index contributed by atoms with van der Waals surface area (Å²) in [5, 5.41) is 15.6. The first kappa shape index (κ1) is 28.3. The van der Waals surface area contributed by atoms with E-state index in [4.69, 9.17) is 4.74 Å². The van der Waals surface area contributed by atoms with Crippen LogP contribution in [0.3, 0.4) is 0 Å². The van der Waals surface area contributed by atoms with Crippen LogP contribution in [-0.4, -0.2) is 66.1 Å². The van der Waals surface area contributed by atoms with E-state index < -0.39 is 0 Å². The van der Waals surface area contributed by atoms with Crippen molar-refractivity contribution in [2.24, 2.45) is 0 Å². The van der Waals surface area contributed by atoms with E-state index in [1.807, 2.05) is 49.5 Å². The summed E-state index contributed by atoms with van der Waals surface area (Å²) in [5.41, 5.74) is 3.34. The number of hydrogen-bond acceptors (Lipinski definition) is 10. The summed E-state index contributed by atoms with van der Waals surface area (Å²) < 4.78 is 5.62. The molecule has 0 saturated carbocycles. The highest BCUT2D eigenvalue weighted by Gasteiger charge is 2.06. The lowest BCUT2D eigenvalue weighted by molar-refractivity contribution is 0.112. The number of pyridine rings is 2. The monoisotopic (exact) mass is 507 g/mol. The fourth-order valence-corrected chi connectivity index (χ4v) is 3.19. The van der Waals surface area contributed by atoms with Crippen LogP contribution in [0.15, 0.2) is 67.1 Å². The standard InChI is InChI=1S/C14H14N2O2.C8H8N4S.C4H11N/c1-15-13-7-12(9-17)8-16-14(13)18-10-11-5-3-2-4-6-11;1-9-8-12-11-7(13-8)6-2-4-10-5-3-6;1-4-5(2)3/h2-9,15H,10H2,1H3;2-5H,1H3,(H,9,12);4H2,1-3H3. The lowest BCUT2D eigenvalue weighted by atomic mass is 10.2. The van der Waals surface area contributed by atoms with Gasteiger partial charge in [-0.2, -0.15) is 0 Å². The van der Waals surface area contributed by atoms with Gasteiger partial charge in [0, 0.05) is 43.8 Å².